The lowest BCUT2D eigenvalue weighted by atomic mass is 10.2. The van der Waals surface area contributed by atoms with Gasteiger partial charge in [0.25, 0.3) is 0 Å². The highest BCUT2D eigenvalue weighted by atomic mass is 32.1. The van der Waals surface area contributed by atoms with Crippen molar-refractivity contribution in [3.63, 3.8) is 0 Å². The molecule has 22 heavy (non-hydrogen) atoms. The number of carbonyl (C=O) groups is 1. The number of nitrogens with zero attached hydrogens (tertiary/aromatic N) is 2. The maximum absolute atomic E-state index is 12.1. The summed E-state index contributed by atoms with van der Waals surface area (Å²) in [4.78, 5) is 12.1. The number of aromatic nitrogens is 3. The van der Waals surface area contributed by atoms with E-state index in [-0.39, 0.29) is 0 Å². The third-order valence-corrected chi connectivity index (χ3v) is 3.38. The summed E-state index contributed by atoms with van der Waals surface area (Å²) in [6.07, 6.45) is 0.914. The number of hydrogen-bond acceptors (Lipinski definition) is 5. The average molecular weight is 315 g/mol. The molecule has 1 aromatic carbocycles. The molecule has 0 amide bonds. The molecule has 0 aliphatic heterocycles. The third-order valence-electron chi connectivity index (χ3n) is 3.10. The summed E-state index contributed by atoms with van der Waals surface area (Å²) in [6, 6.07) is 12.3. The van der Waals surface area contributed by atoms with Crippen LogP contribution < -0.4 is 0 Å². The van der Waals surface area contributed by atoms with E-state index in [1.165, 1.54) is 6.26 Å². The van der Waals surface area contributed by atoms with Crippen LogP contribution in [0.1, 0.15) is 23.5 Å². The van der Waals surface area contributed by atoms with E-state index in [9.17, 15) is 4.79 Å². The number of furan rings is 1. The lowest BCUT2D eigenvalue weighted by Crippen LogP contribution is -2.16. The molecule has 0 aliphatic rings. The second kappa shape index (κ2) is 5.98. The van der Waals surface area contributed by atoms with E-state index in [4.69, 9.17) is 21.4 Å². The van der Waals surface area contributed by atoms with Gasteiger partial charge in [0.05, 0.1) is 11.8 Å². The van der Waals surface area contributed by atoms with Crippen LogP contribution in [0.3, 0.4) is 0 Å². The molecular weight excluding hydrogens is 302 g/mol. The van der Waals surface area contributed by atoms with Crippen LogP contribution in [0.5, 0.6) is 0 Å². The number of ether oxygens (including phenoxy) is 1. The Morgan fingerprint density at radius 1 is 1.32 bits per heavy atom. The van der Waals surface area contributed by atoms with Crippen LogP contribution >= 0.6 is 12.2 Å². The molecule has 1 N–H and O–H groups in total. The van der Waals surface area contributed by atoms with Crippen molar-refractivity contribution in [2.24, 2.45) is 0 Å². The Morgan fingerprint density at radius 3 is 2.77 bits per heavy atom. The molecule has 2 heterocycles. The van der Waals surface area contributed by atoms with Gasteiger partial charge in [-0.3, -0.25) is 9.67 Å². The second-order valence-electron chi connectivity index (χ2n) is 4.57. The molecule has 1 atom stereocenters. The van der Waals surface area contributed by atoms with Crippen molar-refractivity contribution in [2.75, 3.05) is 0 Å². The Bertz CT molecular complexity index is 821. The molecule has 0 saturated carbocycles. The molecule has 0 saturated heterocycles. The third kappa shape index (κ3) is 2.71. The smallest absolute Gasteiger partial charge is 0.340 e. The van der Waals surface area contributed by atoms with Crippen molar-refractivity contribution in [2.45, 2.75) is 13.2 Å². The Kier molecular flexibility index (Phi) is 3.88. The second-order valence-corrected chi connectivity index (χ2v) is 4.96. The largest absolute Gasteiger partial charge is 0.461 e. The molecule has 0 fully saturated rings. The Hall–Kier alpha value is -2.67. The summed E-state index contributed by atoms with van der Waals surface area (Å²) in [5.74, 6) is 0.583. The van der Waals surface area contributed by atoms with Gasteiger partial charge in [-0.2, -0.15) is 5.10 Å². The topological polar surface area (TPSA) is 73.1 Å². The van der Waals surface area contributed by atoms with E-state index in [2.05, 4.69) is 10.2 Å². The lowest BCUT2D eigenvalue weighted by molar-refractivity contribution is 0.0156. The van der Waals surface area contributed by atoms with Crippen LogP contribution in [-0.4, -0.2) is 20.7 Å². The number of aromatic amines is 1. The first-order valence-corrected chi connectivity index (χ1v) is 7.04. The standard InChI is InChI=1S/C15H13N3O3S/c1-10(21-14(19)11-6-3-2-4-7-11)18-13(16-17-15(18)22)12-8-5-9-20-12/h2-10H,1H3,(H,17,22). The number of nitrogens with one attached hydrogen (secondary N) is 1. The number of H-pyrrole nitrogens is 1. The zero-order valence-electron chi connectivity index (χ0n) is 11.7. The minimum atomic E-state index is -0.626. The predicted octanol–water partition coefficient (Wildman–Crippen LogP) is 3.58. The van der Waals surface area contributed by atoms with Crippen molar-refractivity contribution >= 4 is 18.2 Å². The first-order valence-electron chi connectivity index (χ1n) is 6.63. The fourth-order valence-corrected chi connectivity index (χ4v) is 2.35. The number of carbonyl (C=O) groups excluding carboxylic acids is 1. The van der Waals surface area contributed by atoms with Gasteiger partial charge in [-0.1, -0.05) is 18.2 Å². The first-order chi connectivity index (χ1) is 10.7. The van der Waals surface area contributed by atoms with Crippen molar-refractivity contribution in [3.05, 3.63) is 59.1 Å². The number of rotatable bonds is 4. The Labute approximate surface area is 131 Å². The van der Waals surface area contributed by atoms with Gasteiger partial charge in [0.2, 0.25) is 5.82 Å². The molecule has 3 rings (SSSR count). The van der Waals surface area contributed by atoms with Crippen LogP contribution in [0.4, 0.5) is 0 Å². The molecule has 1 unspecified atom stereocenters. The quantitative estimate of drug-likeness (QED) is 0.588. The number of esters is 1. The summed E-state index contributed by atoms with van der Waals surface area (Å²) in [5, 5.41) is 6.80. The molecule has 0 spiro atoms. The highest BCUT2D eigenvalue weighted by molar-refractivity contribution is 7.71. The van der Waals surface area contributed by atoms with Crippen LogP contribution in [0.2, 0.25) is 0 Å². The van der Waals surface area contributed by atoms with Gasteiger partial charge in [-0.25, -0.2) is 4.79 Å². The summed E-state index contributed by atoms with van der Waals surface area (Å²) < 4.78 is 12.7. The lowest BCUT2D eigenvalue weighted by Gasteiger charge is -2.15. The highest BCUT2D eigenvalue weighted by Crippen LogP contribution is 2.22. The van der Waals surface area contributed by atoms with E-state index >= 15 is 0 Å². The summed E-state index contributed by atoms with van der Waals surface area (Å²) in [6.45, 7) is 1.72. The maximum Gasteiger partial charge on any atom is 0.340 e. The minimum absolute atomic E-state index is 0.347. The molecule has 3 aromatic rings. The highest BCUT2D eigenvalue weighted by Gasteiger charge is 2.20. The molecule has 112 valence electrons. The molecule has 0 aliphatic carbocycles. The maximum atomic E-state index is 12.1. The summed E-state index contributed by atoms with van der Waals surface area (Å²) in [7, 11) is 0. The molecule has 0 radical (unpaired) electrons. The fraction of sp³-hybridized carbons (Fsp3) is 0.133. The summed E-state index contributed by atoms with van der Waals surface area (Å²) >= 11 is 5.20. The minimum Gasteiger partial charge on any atom is -0.461 e. The van der Waals surface area contributed by atoms with Crippen molar-refractivity contribution in [1.82, 2.24) is 14.8 Å². The van der Waals surface area contributed by atoms with E-state index in [0.717, 1.165) is 0 Å². The number of benzene rings is 1. The monoisotopic (exact) mass is 315 g/mol. The van der Waals surface area contributed by atoms with Crippen LogP contribution in [0, 0.1) is 4.77 Å². The van der Waals surface area contributed by atoms with Crippen molar-refractivity contribution < 1.29 is 13.9 Å². The predicted molar refractivity (Wildman–Crippen MR) is 81.7 cm³/mol. The molecule has 2 aromatic heterocycles. The average Bonchev–Trinajstić information content (AvgIpc) is 3.17. The van der Waals surface area contributed by atoms with E-state index in [1.807, 2.05) is 6.07 Å². The van der Waals surface area contributed by atoms with Crippen LogP contribution in [0.25, 0.3) is 11.6 Å². The van der Waals surface area contributed by atoms with Gasteiger partial charge in [0.1, 0.15) is 0 Å². The SMILES string of the molecule is CC(OC(=O)c1ccccc1)n1c(-c2ccco2)n[nH]c1=S. The van der Waals surface area contributed by atoms with Crippen LogP contribution in [-0.2, 0) is 4.74 Å². The van der Waals surface area contributed by atoms with Gasteiger partial charge >= 0.3 is 5.97 Å². The van der Waals surface area contributed by atoms with E-state index in [0.29, 0.717) is 21.9 Å². The van der Waals surface area contributed by atoms with Gasteiger partial charge < -0.3 is 9.15 Å². The van der Waals surface area contributed by atoms with Gasteiger partial charge in [-0.15, -0.1) is 0 Å². The van der Waals surface area contributed by atoms with Gasteiger partial charge in [0.15, 0.2) is 16.8 Å². The van der Waals surface area contributed by atoms with Crippen LogP contribution in [0.15, 0.2) is 53.1 Å². The van der Waals surface area contributed by atoms with E-state index in [1.54, 1.807) is 47.9 Å². The molecule has 6 nitrogen and oxygen atoms in total. The van der Waals surface area contributed by atoms with Crippen molar-refractivity contribution in [3.8, 4) is 11.6 Å². The number of hydrogen-bond donors (Lipinski definition) is 1. The zero-order chi connectivity index (χ0) is 15.5. The molecule has 0 bridgehead atoms. The van der Waals surface area contributed by atoms with Gasteiger partial charge in [-0.05, 0) is 43.4 Å². The fourth-order valence-electron chi connectivity index (χ4n) is 2.07. The molecule has 7 heteroatoms. The van der Waals surface area contributed by atoms with E-state index < -0.39 is 12.2 Å². The van der Waals surface area contributed by atoms with Gasteiger partial charge in [0, 0.05) is 0 Å². The summed E-state index contributed by atoms with van der Waals surface area (Å²) in [5.41, 5.74) is 0.476. The first kappa shape index (κ1) is 14.3. The van der Waals surface area contributed by atoms with Crippen molar-refractivity contribution in [1.29, 1.82) is 0 Å². The zero-order valence-corrected chi connectivity index (χ0v) is 12.5. The molecular formula is C15H13N3O3S. The normalized spacial score (nSPS) is 12.0. The Balaban J connectivity index is 1.87. The Morgan fingerprint density at radius 2 is 2.09 bits per heavy atom.